The van der Waals surface area contributed by atoms with E-state index in [2.05, 4.69) is 0 Å². The molecule has 10 N–H and O–H groups in total. The molecule has 21 nitrogen and oxygen atoms in total. The summed E-state index contributed by atoms with van der Waals surface area (Å²) in [4.78, 5) is 53.4. The molecule has 1 aromatic carbocycles. The number of ketones is 2. The largest absolute Gasteiger partial charge is 0.510 e. The van der Waals surface area contributed by atoms with Crippen LogP contribution in [0.4, 0.5) is 11.4 Å². The number of likely N-dealkylation sites (N-methyl/N-ethyl adjacent to an activating group) is 1. The van der Waals surface area contributed by atoms with E-state index < -0.39 is 95.2 Å². The van der Waals surface area contributed by atoms with Gasteiger partial charge in [-0.05, 0) is 52.3 Å². The highest BCUT2D eigenvalue weighted by atomic mass is 32.3. The first kappa shape index (κ1) is 39.9. The molecule has 23 heteroatoms. The van der Waals surface area contributed by atoms with Gasteiger partial charge in [-0.1, -0.05) is 0 Å². The Balaban J connectivity index is 0.000000700. The molecule has 48 heavy (non-hydrogen) atoms. The van der Waals surface area contributed by atoms with Gasteiger partial charge in [-0.25, -0.2) is 0 Å². The number of phenolic OH excluding ortho intramolecular Hbond substituents is 1. The van der Waals surface area contributed by atoms with E-state index >= 15 is 0 Å². The van der Waals surface area contributed by atoms with Crippen molar-refractivity contribution >= 4 is 49.6 Å². The predicted molar refractivity (Wildman–Crippen MR) is 162 cm³/mol. The molecular formula is C25H34N4O17S2. The number of nitrogens with two attached hydrogens (primary N) is 1. The van der Waals surface area contributed by atoms with Crippen molar-refractivity contribution in [1.29, 1.82) is 0 Å². The molecule has 0 fully saturated rings. The van der Waals surface area contributed by atoms with Crippen molar-refractivity contribution in [3.63, 3.8) is 0 Å². The number of aliphatic hydroxyl groups is 3. The van der Waals surface area contributed by atoms with Gasteiger partial charge in [0.2, 0.25) is 11.5 Å². The van der Waals surface area contributed by atoms with Crippen LogP contribution >= 0.6 is 0 Å². The molecule has 0 aliphatic heterocycles. The van der Waals surface area contributed by atoms with Gasteiger partial charge in [-0.3, -0.25) is 47.6 Å². The second kappa shape index (κ2) is 14.1. The molecule has 0 heterocycles. The number of hydrogen-bond acceptors (Lipinski definition) is 15. The Hall–Kier alpha value is -4.23. The van der Waals surface area contributed by atoms with Crippen molar-refractivity contribution in [2.75, 3.05) is 32.1 Å². The molecule has 268 valence electrons. The minimum atomic E-state index is -4.67. The molecule has 1 aromatic rings. The van der Waals surface area contributed by atoms with E-state index in [9.17, 15) is 44.9 Å². The molecule has 0 saturated carbocycles. The molecular weight excluding hydrogens is 692 g/mol. The molecule has 0 bridgehead atoms. The Bertz CT molecular complexity index is 1770. The zero-order valence-corrected chi connectivity index (χ0v) is 27.3. The molecule has 3 aliphatic carbocycles. The Morgan fingerprint density at radius 3 is 1.92 bits per heavy atom. The Morgan fingerprint density at radius 2 is 1.52 bits per heavy atom. The summed E-state index contributed by atoms with van der Waals surface area (Å²) in [7, 11) is -6.24. The number of primary amides is 1. The number of hydrogen-bond donors (Lipinski definition) is 9. The van der Waals surface area contributed by atoms with E-state index in [-0.39, 0.29) is 24.0 Å². The minimum absolute atomic E-state index is 0.0475. The number of nitro benzene ring substituents is 1. The number of phenols is 1. The summed E-state index contributed by atoms with van der Waals surface area (Å²) in [5.74, 6) is -8.11. The highest BCUT2D eigenvalue weighted by molar-refractivity contribution is 7.80. The summed E-state index contributed by atoms with van der Waals surface area (Å²) >= 11 is 0. The summed E-state index contributed by atoms with van der Waals surface area (Å²) in [5, 5.41) is 56.3. The van der Waals surface area contributed by atoms with E-state index in [1.807, 2.05) is 13.8 Å². The Kier molecular flexibility index (Phi) is 11.7. The molecule has 4 rings (SSSR count). The smallest absolute Gasteiger partial charge is 0.394 e. The number of nitro groups is 1. The molecule has 0 saturated heterocycles. The third-order valence-corrected chi connectivity index (χ3v) is 7.98. The number of amides is 1. The number of anilines is 1. The molecule has 0 spiro atoms. The molecule has 2 unspecified atom stereocenters. The van der Waals surface area contributed by atoms with Gasteiger partial charge < -0.3 is 31.1 Å². The van der Waals surface area contributed by atoms with E-state index in [1.165, 1.54) is 11.0 Å². The van der Waals surface area contributed by atoms with Crippen molar-refractivity contribution in [3.05, 3.63) is 50.0 Å². The van der Waals surface area contributed by atoms with Crippen LogP contribution in [0.3, 0.4) is 0 Å². The van der Waals surface area contributed by atoms with Crippen LogP contribution < -0.4 is 10.6 Å². The molecule has 4 atom stereocenters. The number of rotatable bonds is 6. The van der Waals surface area contributed by atoms with Crippen LogP contribution in [0, 0.1) is 22.0 Å². The fourth-order valence-electron chi connectivity index (χ4n) is 6.27. The minimum Gasteiger partial charge on any atom is -0.510 e. The normalized spacial score (nSPS) is 23.6. The second-order valence-electron chi connectivity index (χ2n) is 10.9. The average molecular weight is 727 g/mol. The Morgan fingerprint density at radius 1 is 1.04 bits per heavy atom. The second-order valence-corrected chi connectivity index (χ2v) is 12.7. The first-order valence-electron chi connectivity index (χ1n) is 13.6. The fraction of sp³-hybridized carbons (Fsp3) is 0.480. The van der Waals surface area contributed by atoms with Crippen LogP contribution in [0.2, 0.25) is 0 Å². The van der Waals surface area contributed by atoms with Crippen LogP contribution in [-0.4, -0.2) is 122 Å². The van der Waals surface area contributed by atoms with Crippen molar-refractivity contribution in [1.82, 2.24) is 4.90 Å². The first-order valence-corrected chi connectivity index (χ1v) is 16.4. The van der Waals surface area contributed by atoms with Crippen molar-refractivity contribution < 1.29 is 74.8 Å². The molecule has 3 aliphatic rings. The van der Waals surface area contributed by atoms with Gasteiger partial charge in [0, 0.05) is 36.3 Å². The maximum absolute atomic E-state index is 13.8. The molecule has 0 radical (unpaired) electrons. The van der Waals surface area contributed by atoms with Gasteiger partial charge >= 0.3 is 26.5 Å². The lowest BCUT2D eigenvalue weighted by atomic mass is 9.58. The topological polar surface area (TPSA) is 357 Å². The Labute approximate surface area is 272 Å². The summed E-state index contributed by atoms with van der Waals surface area (Å²) < 4.78 is 63.2. The van der Waals surface area contributed by atoms with Gasteiger partial charge in [0.05, 0.1) is 16.5 Å². The third kappa shape index (κ3) is 7.90. The van der Waals surface area contributed by atoms with Crippen molar-refractivity contribution in [2.24, 2.45) is 17.6 Å². The first-order chi connectivity index (χ1) is 21.7. The van der Waals surface area contributed by atoms with E-state index in [0.29, 0.717) is 24.3 Å². The summed E-state index contributed by atoms with van der Waals surface area (Å²) in [6, 6.07) is 0.107. The standard InChI is InChI=1S/C25H30N4O9.2H2O4S/c1-5-28(6-2)13-9-14(29(37)38)19(30)16-11(13)7-10-8-12-18(27(3)4)21(32)17(24(26)35)23(34)25(12,36)22(33)15(10)20(16)31;2*1-5(2,3)4/h9-10,12,18,30,32-33,36H,5-8H2,1-4H3,(H2,26,35);2*(H2,1,2,3,4)/t10?,12?,18-,25-;;/m0../s1. The highest BCUT2D eigenvalue weighted by Gasteiger charge is 2.63. The highest BCUT2D eigenvalue weighted by Crippen LogP contribution is 2.54. The lowest BCUT2D eigenvalue weighted by Crippen LogP contribution is -2.63. The summed E-state index contributed by atoms with van der Waals surface area (Å²) in [6.45, 7) is 4.56. The van der Waals surface area contributed by atoms with Gasteiger partial charge in [0.25, 0.3) is 5.91 Å². The number of fused-ring (bicyclic) bond motifs is 3. The van der Waals surface area contributed by atoms with Gasteiger partial charge in [-0.15, -0.1) is 0 Å². The number of aliphatic hydroxyl groups excluding tert-OH is 2. The van der Waals surface area contributed by atoms with Gasteiger partial charge in [0.15, 0.2) is 11.4 Å². The summed E-state index contributed by atoms with van der Waals surface area (Å²) in [6.07, 6.45) is -0.0207. The number of carbonyl (C=O) groups is 3. The number of carbonyl (C=O) groups excluding carboxylic acids is 3. The zero-order chi connectivity index (χ0) is 37.4. The number of allylic oxidation sites excluding steroid dienone is 1. The SMILES string of the molecule is CCN(CC)c1cc([N+](=O)[O-])c(O)c2c1CC1CC3[C@H](N(C)C)C(O)=C(C(N)=O)C(=O)[C@@]3(O)C(O)=C1C2=O.O=S(=O)(O)O.O=S(=O)(O)O. The molecule has 0 aromatic heterocycles. The number of aromatic hydroxyl groups is 1. The lowest BCUT2D eigenvalue weighted by molar-refractivity contribution is -0.385. The van der Waals surface area contributed by atoms with E-state index in [0.717, 1.165) is 0 Å². The van der Waals surface area contributed by atoms with Crippen LogP contribution in [0.25, 0.3) is 0 Å². The quantitative estimate of drug-likeness (QED) is 0.0776. The van der Waals surface area contributed by atoms with Crippen LogP contribution in [-0.2, 0) is 36.8 Å². The molecule has 1 amide bonds. The maximum atomic E-state index is 13.8. The van der Waals surface area contributed by atoms with Gasteiger partial charge in [0.1, 0.15) is 17.1 Å². The third-order valence-electron chi connectivity index (χ3n) is 7.98. The number of Topliss-reactive ketones (excluding diaryl/α,β-unsaturated/α-hetero) is 2. The van der Waals surface area contributed by atoms with Crippen molar-refractivity contribution in [3.8, 4) is 5.75 Å². The fourth-order valence-corrected chi connectivity index (χ4v) is 6.27. The van der Waals surface area contributed by atoms with Crippen LogP contribution in [0.1, 0.15) is 36.2 Å². The summed E-state index contributed by atoms with van der Waals surface area (Å²) in [5.41, 5.74) is 0.912. The van der Waals surface area contributed by atoms with Crippen LogP contribution in [0.5, 0.6) is 5.75 Å². The van der Waals surface area contributed by atoms with Crippen LogP contribution in [0.15, 0.2) is 28.7 Å². The number of benzene rings is 1. The monoisotopic (exact) mass is 726 g/mol. The van der Waals surface area contributed by atoms with E-state index in [1.54, 1.807) is 19.0 Å². The lowest BCUT2D eigenvalue weighted by Gasteiger charge is -2.50. The zero-order valence-electron chi connectivity index (χ0n) is 25.6. The maximum Gasteiger partial charge on any atom is 0.394 e. The number of nitrogens with zero attached hydrogens (tertiary/aromatic N) is 3. The predicted octanol–water partition coefficient (Wildman–Crippen LogP) is -0.431. The van der Waals surface area contributed by atoms with Gasteiger partial charge in [-0.2, -0.15) is 16.8 Å². The van der Waals surface area contributed by atoms with E-state index in [4.69, 9.17) is 40.8 Å². The van der Waals surface area contributed by atoms with Crippen molar-refractivity contribution in [2.45, 2.75) is 38.3 Å². The average Bonchev–Trinajstić information content (AvgIpc) is 2.90.